The average molecular weight is 390 g/mol. The number of nitrogens with zero attached hydrogens (tertiary/aromatic N) is 1. The van der Waals surface area contributed by atoms with Crippen LogP contribution >= 0.6 is 23.4 Å². The lowest BCUT2D eigenvalue weighted by atomic mass is 10.0. The molecule has 1 aromatic rings. The minimum absolute atomic E-state index is 0.117. The molecule has 0 spiro atoms. The fourth-order valence-electron chi connectivity index (χ4n) is 3.79. The second-order valence-electron chi connectivity index (χ2n) is 6.95. The minimum atomic E-state index is -0.230. The number of carbonyl (C=O) groups excluding carboxylic acids is 2. The number of aliphatic imine (C=N–C) groups is 1. The summed E-state index contributed by atoms with van der Waals surface area (Å²) in [6.07, 6.45) is 7.46. The van der Waals surface area contributed by atoms with Crippen molar-refractivity contribution in [2.45, 2.75) is 30.6 Å². The van der Waals surface area contributed by atoms with Crippen molar-refractivity contribution < 1.29 is 9.59 Å². The van der Waals surface area contributed by atoms with Gasteiger partial charge in [0.15, 0.2) is 5.17 Å². The van der Waals surface area contributed by atoms with Crippen LogP contribution in [0.25, 0.3) is 0 Å². The molecule has 0 radical (unpaired) electrons. The highest BCUT2D eigenvalue weighted by Crippen LogP contribution is 2.39. The zero-order valence-electron chi connectivity index (χ0n) is 14.2. The molecule has 1 saturated carbocycles. The summed E-state index contributed by atoms with van der Waals surface area (Å²) in [5, 5.41) is 7.30. The van der Waals surface area contributed by atoms with Gasteiger partial charge in [0.25, 0.3) is 11.8 Å². The van der Waals surface area contributed by atoms with E-state index in [1.54, 1.807) is 24.3 Å². The van der Waals surface area contributed by atoms with Gasteiger partial charge < -0.3 is 10.6 Å². The third-order valence-corrected chi connectivity index (χ3v) is 6.50. The van der Waals surface area contributed by atoms with Crippen LogP contribution in [0.5, 0.6) is 0 Å². The molecule has 4 unspecified atom stereocenters. The third-order valence-electron chi connectivity index (χ3n) is 5.11. The first-order chi connectivity index (χ1) is 12.6. The van der Waals surface area contributed by atoms with Crippen LogP contribution in [0.4, 0.5) is 0 Å². The number of thioether (sulfide) groups is 1. The van der Waals surface area contributed by atoms with E-state index in [0.29, 0.717) is 41.4 Å². The highest BCUT2D eigenvalue weighted by atomic mass is 35.5. The van der Waals surface area contributed by atoms with Crippen LogP contribution in [0.1, 0.15) is 29.6 Å². The Hall–Kier alpha value is -1.79. The number of halogens is 1. The number of rotatable bonds is 5. The summed E-state index contributed by atoms with van der Waals surface area (Å²) < 4.78 is 0. The van der Waals surface area contributed by atoms with Crippen LogP contribution in [0, 0.1) is 11.8 Å². The van der Waals surface area contributed by atoms with Crippen LogP contribution in [-0.2, 0) is 4.79 Å². The Morgan fingerprint density at radius 2 is 2.19 bits per heavy atom. The van der Waals surface area contributed by atoms with Gasteiger partial charge in [-0.25, -0.2) is 0 Å². The van der Waals surface area contributed by atoms with E-state index in [1.165, 1.54) is 18.2 Å². The lowest BCUT2D eigenvalue weighted by molar-refractivity contribution is -0.117. The molecule has 1 aliphatic heterocycles. The zero-order valence-corrected chi connectivity index (χ0v) is 15.7. The first-order valence-corrected chi connectivity index (χ1v) is 10.1. The highest BCUT2D eigenvalue weighted by Gasteiger charge is 2.38. The van der Waals surface area contributed by atoms with Crippen molar-refractivity contribution in [3.05, 3.63) is 47.0 Å². The van der Waals surface area contributed by atoms with Gasteiger partial charge in [0.1, 0.15) is 0 Å². The number of hydrogen-bond acceptors (Lipinski definition) is 4. The predicted molar refractivity (Wildman–Crippen MR) is 105 cm³/mol. The van der Waals surface area contributed by atoms with Gasteiger partial charge in [0.2, 0.25) is 0 Å². The Labute approximate surface area is 161 Å². The monoisotopic (exact) mass is 389 g/mol. The fraction of sp³-hybridized carbons (Fsp3) is 0.421. The van der Waals surface area contributed by atoms with E-state index in [9.17, 15) is 9.59 Å². The number of amides is 2. The van der Waals surface area contributed by atoms with Gasteiger partial charge in [-0.2, -0.15) is 4.99 Å². The molecule has 5 nitrogen and oxygen atoms in total. The fourth-order valence-corrected chi connectivity index (χ4v) is 5.00. The van der Waals surface area contributed by atoms with Gasteiger partial charge in [0.05, 0.1) is 5.25 Å². The number of allylic oxidation sites excluding steroid dienone is 1. The van der Waals surface area contributed by atoms with E-state index in [0.717, 1.165) is 11.6 Å². The number of carbonyl (C=O) groups is 2. The molecule has 136 valence electrons. The van der Waals surface area contributed by atoms with Crippen LogP contribution < -0.4 is 10.6 Å². The molecular weight excluding hydrogens is 370 g/mol. The summed E-state index contributed by atoms with van der Waals surface area (Å²) in [5.74, 6) is 0.941. The summed E-state index contributed by atoms with van der Waals surface area (Å²) in [7, 11) is 0. The normalized spacial score (nSPS) is 29.1. The molecule has 7 heteroatoms. The van der Waals surface area contributed by atoms with Crippen molar-refractivity contribution in [2.75, 3.05) is 6.54 Å². The second kappa shape index (κ2) is 7.45. The van der Waals surface area contributed by atoms with Crippen molar-refractivity contribution in [2.24, 2.45) is 16.8 Å². The maximum Gasteiger partial charge on any atom is 0.261 e. The van der Waals surface area contributed by atoms with E-state index in [4.69, 9.17) is 11.6 Å². The smallest absolute Gasteiger partial charge is 0.261 e. The molecule has 3 aliphatic rings. The molecule has 2 amide bonds. The summed E-state index contributed by atoms with van der Waals surface area (Å²) in [5.41, 5.74) is 0.519. The largest absolute Gasteiger partial charge is 0.361 e. The second-order valence-corrected chi connectivity index (χ2v) is 8.58. The molecule has 0 saturated heterocycles. The number of hydrogen-bond donors (Lipinski definition) is 2. The van der Waals surface area contributed by atoms with Crippen LogP contribution in [-0.4, -0.2) is 34.8 Å². The average Bonchev–Trinajstić information content (AvgIpc) is 3.31. The first-order valence-electron chi connectivity index (χ1n) is 8.86. The number of amidine groups is 1. The van der Waals surface area contributed by atoms with Crippen molar-refractivity contribution in [1.82, 2.24) is 10.6 Å². The standard InChI is InChI=1S/C19H20ClN3O2S/c20-14-3-1-2-13(10-14)17(24)21-7-6-16-18(25)23-19(26-16)22-15-9-11-4-5-12(15)8-11/h1-5,10-12,15-16H,6-9H2,(H,21,24)(H,22,23,25). The van der Waals surface area contributed by atoms with Crippen LogP contribution in [0.15, 0.2) is 41.4 Å². The zero-order chi connectivity index (χ0) is 18.1. The summed E-state index contributed by atoms with van der Waals surface area (Å²) >= 11 is 7.38. The number of benzene rings is 1. The van der Waals surface area contributed by atoms with Crippen LogP contribution in [0.2, 0.25) is 5.02 Å². The molecule has 1 aromatic carbocycles. The van der Waals surface area contributed by atoms with E-state index >= 15 is 0 Å². The number of nitrogens with one attached hydrogen (secondary N) is 2. The van der Waals surface area contributed by atoms with Gasteiger partial charge in [-0.05, 0) is 49.3 Å². The maximum atomic E-state index is 12.1. The quantitative estimate of drug-likeness (QED) is 0.759. The Bertz CT molecular complexity index is 795. The Kier molecular flexibility index (Phi) is 5.05. The molecule has 1 heterocycles. The van der Waals surface area contributed by atoms with Crippen molar-refractivity contribution in [1.29, 1.82) is 0 Å². The van der Waals surface area contributed by atoms with Crippen molar-refractivity contribution >= 4 is 40.3 Å². The van der Waals surface area contributed by atoms with Gasteiger partial charge in [-0.15, -0.1) is 0 Å². The van der Waals surface area contributed by atoms with Gasteiger partial charge in [0, 0.05) is 23.2 Å². The Morgan fingerprint density at radius 3 is 2.92 bits per heavy atom. The summed E-state index contributed by atoms with van der Waals surface area (Å²) in [6, 6.07) is 7.20. The molecule has 0 aromatic heterocycles. The molecule has 2 aliphatic carbocycles. The minimum Gasteiger partial charge on any atom is -0.361 e. The van der Waals surface area contributed by atoms with Gasteiger partial charge in [-0.3, -0.25) is 9.59 Å². The number of fused-ring (bicyclic) bond motifs is 2. The molecule has 26 heavy (non-hydrogen) atoms. The lowest BCUT2D eigenvalue weighted by Crippen LogP contribution is -2.35. The van der Waals surface area contributed by atoms with E-state index < -0.39 is 0 Å². The van der Waals surface area contributed by atoms with Crippen molar-refractivity contribution in [3.8, 4) is 0 Å². The summed E-state index contributed by atoms with van der Waals surface area (Å²) in [4.78, 5) is 28.4. The SMILES string of the molecule is O=C(NCCC1SC(NC2CC3C=CC2C3)=NC1=O)c1cccc(Cl)c1. The molecule has 4 atom stereocenters. The molecule has 2 N–H and O–H groups in total. The van der Waals surface area contributed by atoms with Crippen molar-refractivity contribution in [3.63, 3.8) is 0 Å². The maximum absolute atomic E-state index is 12.1. The topological polar surface area (TPSA) is 70.6 Å². The van der Waals surface area contributed by atoms with E-state index in [2.05, 4.69) is 27.8 Å². The molecule has 1 fully saturated rings. The van der Waals surface area contributed by atoms with Crippen LogP contribution in [0.3, 0.4) is 0 Å². The molecule has 2 bridgehead atoms. The van der Waals surface area contributed by atoms with Gasteiger partial charge >= 0.3 is 0 Å². The Balaban J connectivity index is 1.23. The molecular formula is C19H20ClN3O2S. The third kappa shape index (κ3) is 3.81. The highest BCUT2D eigenvalue weighted by molar-refractivity contribution is 8.15. The Morgan fingerprint density at radius 1 is 1.31 bits per heavy atom. The van der Waals surface area contributed by atoms with E-state index in [1.807, 2.05) is 0 Å². The predicted octanol–water partition coefficient (Wildman–Crippen LogP) is 3.01. The van der Waals surface area contributed by atoms with Gasteiger partial charge in [-0.1, -0.05) is 41.6 Å². The van der Waals surface area contributed by atoms with E-state index in [-0.39, 0.29) is 17.1 Å². The molecule has 4 rings (SSSR count). The lowest BCUT2D eigenvalue weighted by Gasteiger charge is -2.20. The summed E-state index contributed by atoms with van der Waals surface area (Å²) in [6.45, 7) is 0.425. The first kappa shape index (κ1) is 17.6.